The number of nitrogens with zero attached hydrogens (tertiary/aromatic N) is 2. The summed E-state index contributed by atoms with van der Waals surface area (Å²) in [4.78, 5) is 15.8. The second-order valence-corrected chi connectivity index (χ2v) is 3.85. The third-order valence-corrected chi connectivity index (χ3v) is 2.49. The highest BCUT2D eigenvalue weighted by Crippen LogP contribution is 2.17. The quantitative estimate of drug-likeness (QED) is 0.872. The molecule has 0 unspecified atom stereocenters. The lowest BCUT2D eigenvalue weighted by Crippen LogP contribution is -2.12. The predicted octanol–water partition coefficient (Wildman–Crippen LogP) is 2.51. The molecule has 0 saturated heterocycles. The molecule has 1 aromatic heterocycles. The zero-order chi connectivity index (χ0) is 13.0. The van der Waals surface area contributed by atoms with E-state index in [9.17, 15) is 4.79 Å². The third kappa shape index (κ3) is 2.53. The van der Waals surface area contributed by atoms with Crippen molar-refractivity contribution in [2.24, 2.45) is 0 Å². The van der Waals surface area contributed by atoms with Crippen LogP contribution in [0, 0.1) is 18.3 Å². The SMILES string of the molecule is Cc1ccc(NC(=O)c2ccncc2)c(C#N)c1. The molecule has 1 heterocycles. The van der Waals surface area contributed by atoms with E-state index in [1.807, 2.05) is 13.0 Å². The number of carbonyl (C=O) groups excluding carboxylic acids is 1. The molecule has 1 aromatic carbocycles. The normalized spacial score (nSPS) is 9.56. The summed E-state index contributed by atoms with van der Waals surface area (Å²) in [5.41, 5.74) is 2.46. The van der Waals surface area contributed by atoms with Crippen molar-refractivity contribution >= 4 is 11.6 Å². The molecule has 0 spiro atoms. The molecule has 18 heavy (non-hydrogen) atoms. The summed E-state index contributed by atoms with van der Waals surface area (Å²) >= 11 is 0. The Bertz CT molecular complexity index is 615. The van der Waals surface area contributed by atoms with E-state index in [4.69, 9.17) is 5.26 Å². The van der Waals surface area contributed by atoms with E-state index < -0.39 is 0 Å². The zero-order valence-electron chi connectivity index (χ0n) is 9.84. The van der Waals surface area contributed by atoms with Crippen molar-refractivity contribution in [3.05, 3.63) is 59.4 Å². The van der Waals surface area contributed by atoms with Crippen LogP contribution < -0.4 is 5.32 Å². The lowest BCUT2D eigenvalue weighted by molar-refractivity contribution is 0.102. The summed E-state index contributed by atoms with van der Waals surface area (Å²) in [7, 11) is 0. The van der Waals surface area contributed by atoms with Gasteiger partial charge in [0.05, 0.1) is 11.3 Å². The molecule has 4 heteroatoms. The van der Waals surface area contributed by atoms with Crippen LogP contribution in [0.3, 0.4) is 0 Å². The number of pyridine rings is 1. The molecule has 0 aliphatic heterocycles. The summed E-state index contributed by atoms with van der Waals surface area (Å²) in [5, 5.41) is 11.7. The lowest BCUT2D eigenvalue weighted by atomic mass is 10.1. The molecule has 0 saturated carbocycles. The molecule has 0 fully saturated rings. The number of carbonyl (C=O) groups is 1. The number of amides is 1. The second kappa shape index (κ2) is 5.11. The van der Waals surface area contributed by atoms with Crippen LogP contribution in [0.4, 0.5) is 5.69 Å². The monoisotopic (exact) mass is 237 g/mol. The summed E-state index contributed by atoms with van der Waals surface area (Å²) in [6.45, 7) is 1.90. The van der Waals surface area contributed by atoms with Gasteiger partial charge in [-0.25, -0.2) is 0 Å². The molecule has 0 atom stereocenters. The zero-order valence-corrected chi connectivity index (χ0v) is 9.84. The highest BCUT2D eigenvalue weighted by molar-refractivity contribution is 6.04. The number of aryl methyl sites for hydroxylation is 1. The number of rotatable bonds is 2. The van der Waals surface area contributed by atoms with Crippen molar-refractivity contribution in [1.29, 1.82) is 5.26 Å². The minimum atomic E-state index is -0.252. The van der Waals surface area contributed by atoms with Gasteiger partial charge in [0.25, 0.3) is 5.91 Å². The minimum Gasteiger partial charge on any atom is -0.321 e. The Labute approximate surface area is 105 Å². The van der Waals surface area contributed by atoms with Crippen LogP contribution in [0.5, 0.6) is 0 Å². The number of aromatic nitrogens is 1. The van der Waals surface area contributed by atoms with E-state index in [0.29, 0.717) is 16.8 Å². The highest BCUT2D eigenvalue weighted by Gasteiger charge is 2.08. The number of nitriles is 1. The summed E-state index contributed by atoms with van der Waals surface area (Å²) in [5.74, 6) is -0.252. The van der Waals surface area contributed by atoms with Crippen LogP contribution in [0.1, 0.15) is 21.5 Å². The largest absolute Gasteiger partial charge is 0.321 e. The Morgan fingerprint density at radius 1 is 1.28 bits per heavy atom. The van der Waals surface area contributed by atoms with Gasteiger partial charge in [-0.05, 0) is 36.8 Å². The van der Waals surface area contributed by atoms with Gasteiger partial charge < -0.3 is 5.32 Å². The van der Waals surface area contributed by atoms with Crippen molar-refractivity contribution in [1.82, 2.24) is 4.98 Å². The van der Waals surface area contributed by atoms with Crippen molar-refractivity contribution < 1.29 is 4.79 Å². The standard InChI is InChI=1S/C14H11N3O/c1-10-2-3-13(12(8-10)9-15)17-14(18)11-4-6-16-7-5-11/h2-8H,1H3,(H,17,18). The van der Waals surface area contributed by atoms with Gasteiger partial charge in [0, 0.05) is 18.0 Å². The van der Waals surface area contributed by atoms with E-state index in [-0.39, 0.29) is 5.91 Å². The summed E-state index contributed by atoms with van der Waals surface area (Å²) < 4.78 is 0. The van der Waals surface area contributed by atoms with Crippen LogP contribution >= 0.6 is 0 Å². The first-order valence-electron chi connectivity index (χ1n) is 5.43. The van der Waals surface area contributed by atoms with E-state index in [1.165, 1.54) is 0 Å². The van der Waals surface area contributed by atoms with Gasteiger partial charge in [-0.2, -0.15) is 5.26 Å². The maximum absolute atomic E-state index is 11.9. The Balaban J connectivity index is 2.25. The van der Waals surface area contributed by atoms with Gasteiger partial charge in [0.1, 0.15) is 6.07 Å². The Hall–Kier alpha value is -2.67. The lowest BCUT2D eigenvalue weighted by Gasteiger charge is -2.07. The van der Waals surface area contributed by atoms with Crippen LogP contribution in [0.15, 0.2) is 42.7 Å². The topological polar surface area (TPSA) is 65.8 Å². The maximum atomic E-state index is 11.9. The van der Waals surface area contributed by atoms with Gasteiger partial charge in [-0.3, -0.25) is 9.78 Å². The molecule has 0 aliphatic carbocycles. The Morgan fingerprint density at radius 2 is 2.00 bits per heavy atom. The molecular formula is C14H11N3O. The highest BCUT2D eigenvalue weighted by atomic mass is 16.1. The van der Waals surface area contributed by atoms with E-state index >= 15 is 0 Å². The fraction of sp³-hybridized carbons (Fsp3) is 0.0714. The minimum absolute atomic E-state index is 0.252. The van der Waals surface area contributed by atoms with Gasteiger partial charge >= 0.3 is 0 Å². The Kier molecular flexibility index (Phi) is 3.35. The van der Waals surface area contributed by atoms with E-state index in [0.717, 1.165) is 5.56 Å². The van der Waals surface area contributed by atoms with E-state index in [2.05, 4.69) is 16.4 Å². The molecular weight excluding hydrogens is 226 g/mol. The Morgan fingerprint density at radius 3 is 2.67 bits per heavy atom. The van der Waals surface area contributed by atoms with Crippen molar-refractivity contribution in [2.45, 2.75) is 6.92 Å². The predicted molar refractivity (Wildman–Crippen MR) is 68.1 cm³/mol. The first kappa shape index (κ1) is 11.8. The van der Waals surface area contributed by atoms with Crippen LogP contribution in [-0.2, 0) is 0 Å². The van der Waals surface area contributed by atoms with Crippen LogP contribution in [0.2, 0.25) is 0 Å². The molecule has 2 rings (SSSR count). The molecule has 2 aromatic rings. The molecule has 0 aliphatic rings. The van der Waals surface area contributed by atoms with Crippen LogP contribution in [0.25, 0.3) is 0 Å². The fourth-order valence-electron chi connectivity index (χ4n) is 1.56. The second-order valence-electron chi connectivity index (χ2n) is 3.85. The first-order chi connectivity index (χ1) is 8.70. The van der Waals surface area contributed by atoms with Crippen molar-refractivity contribution in [3.8, 4) is 6.07 Å². The van der Waals surface area contributed by atoms with Crippen molar-refractivity contribution in [2.75, 3.05) is 5.32 Å². The molecule has 1 N–H and O–H groups in total. The number of nitrogens with one attached hydrogen (secondary N) is 1. The van der Waals surface area contributed by atoms with Crippen LogP contribution in [-0.4, -0.2) is 10.9 Å². The summed E-state index contributed by atoms with van der Waals surface area (Å²) in [6.07, 6.45) is 3.10. The van der Waals surface area contributed by atoms with Crippen molar-refractivity contribution in [3.63, 3.8) is 0 Å². The molecule has 0 radical (unpaired) electrons. The third-order valence-electron chi connectivity index (χ3n) is 2.49. The summed E-state index contributed by atoms with van der Waals surface area (Å²) in [6, 6.07) is 10.6. The smallest absolute Gasteiger partial charge is 0.255 e. The van der Waals surface area contributed by atoms with E-state index in [1.54, 1.807) is 36.7 Å². The average molecular weight is 237 g/mol. The maximum Gasteiger partial charge on any atom is 0.255 e. The number of anilines is 1. The first-order valence-corrected chi connectivity index (χ1v) is 5.43. The molecule has 0 bridgehead atoms. The number of hydrogen-bond donors (Lipinski definition) is 1. The number of hydrogen-bond acceptors (Lipinski definition) is 3. The van der Waals surface area contributed by atoms with Gasteiger partial charge in [-0.15, -0.1) is 0 Å². The molecule has 88 valence electrons. The fourth-order valence-corrected chi connectivity index (χ4v) is 1.56. The average Bonchev–Trinajstić information content (AvgIpc) is 2.41. The molecule has 1 amide bonds. The number of benzene rings is 1. The van der Waals surface area contributed by atoms with Gasteiger partial charge in [0.2, 0.25) is 0 Å². The molecule has 4 nitrogen and oxygen atoms in total. The van der Waals surface area contributed by atoms with Gasteiger partial charge in [0.15, 0.2) is 0 Å². The van der Waals surface area contributed by atoms with Gasteiger partial charge in [-0.1, -0.05) is 6.07 Å².